The Morgan fingerprint density at radius 1 is 0.885 bits per heavy atom. The summed E-state index contributed by atoms with van der Waals surface area (Å²) >= 11 is 1.59. The van der Waals surface area contributed by atoms with E-state index >= 15 is 0 Å². The zero-order valence-corrected chi connectivity index (χ0v) is 16.7. The van der Waals surface area contributed by atoms with Crippen LogP contribution in [0.15, 0.2) is 53.4 Å². The number of benzene rings is 2. The maximum Gasteiger partial charge on any atom is 0.119 e. The summed E-state index contributed by atoms with van der Waals surface area (Å²) in [5.74, 6) is 0.942. The molecule has 0 saturated heterocycles. The molecular weight excluding hydrogens is 338 g/mol. The molecule has 0 spiro atoms. The topological polar surface area (TPSA) is 33.0 Å². The second-order valence-electron chi connectivity index (χ2n) is 6.55. The van der Waals surface area contributed by atoms with Crippen LogP contribution in [0.25, 0.3) is 11.1 Å². The third kappa shape index (κ3) is 7.14. The molecule has 2 aromatic rings. The van der Waals surface area contributed by atoms with Gasteiger partial charge in [0.25, 0.3) is 0 Å². The van der Waals surface area contributed by atoms with Crippen molar-refractivity contribution in [2.75, 3.05) is 6.61 Å². The summed E-state index contributed by atoms with van der Waals surface area (Å²) in [4.78, 5) is 1.13. The van der Waals surface area contributed by atoms with E-state index in [-0.39, 0.29) is 5.25 Å². The molecule has 2 aromatic carbocycles. The van der Waals surface area contributed by atoms with Gasteiger partial charge in [0.2, 0.25) is 0 Å². The SMILES string of the molecule is CCCCCCCCOc1ccc(-c2ccc(S[C@H](C)C#N)cc2)cc1. The van der Waals surface area contributed by atoms with Gasteiger partial charge in [0, 0.05) is 4.90 Å². The summed E-state index contributed by atoms with van der Waals surface area (Å²) in [7, 11) is 0. The van der Waals surface area contributed by atoms with Gasteiger partial charge in [-0.2, -0.15) is 5.26 Å². The molecule has 0 saturated carbocycles. The van der Waals surface area contributed by atoms with Crippen molar-refractivity contribution < 1.29 is 4.74 Å². The van der Waals surface area contributed by atoms with Gasteiger partial charge in [-0.05, 0) is 48.7 Å². The fourth-order valence-electron chi connectivity index (χ4n) is 2.77. The van der Waals surface area contributed by atoms with Crippen LogP contribution in [0.5, 0.6) is 5.75 Å². The number of nitrogens with zero attached hydrogens (tertiary/aromatic N) is 1. The Balaban J connectivity index is 1.79. The van der Waals surface area contributed by atoms with Crippen molar-refractivity contribution in [2.45, 2.75) is 62.5 Å². The first-order chi connectivity index (χ1) is 12.7. The van der Waals surface area contributed by atoms with Crippen LogP contribution in [0.4, 0.5) is 0 Å². The van der Waals surface area contributed by atoms with Crippen LogP contribution in [-0.2, 0) is 0 Å². The third-order valence-electron chi connectivity index (χ3n) is 4.30. The molecule has 0 fully saturated rings. The first-order valence-corrected chi connectivity index (χ1v) is 10.5. The fraction of sp³-hybridized carbons (Fsp3) is 0.435. The molecule has 0 radical (unpaired) electrons. The van der Waals surface area contributed by atoms with Crippen molar-refractivity contribution in [3.05, 3.63) is 48.5 Å². The Morgan fingerprint density at radius 2 is 1.46 bits per heavy atom. The van der Waals surface area contributed by atoms with Crippen molar-refractivity contribution in [3.8, 4) is 22.9 Å². The molecule has 0 amide bonds. The molecule has 3 heteroatoms. The first kappa shape index (κ1) is 20.4. The minimum Gasteiger partial charge on any atom is -0.494 e. The molecule has 2 rings (SSSR count). The maximum absolute atomic E-state index is 8.90. The van der Waals surface area contributed by atoms with Crippen molar-refractivity contribution in [2.24, 2.45) is 0 Å². The molecule has 0 unspecified atom stereocenters. The Morgan fingerprint density at radius 3 is 2.08 bits per heavy atom. The number of thioether (sulfide) groups is 1. The molecular formula is C23H29NOS. The van der Waals surface area contributed by atoms with Crippen molar-refractivity contribution in [3.63, 3.8) is 0 Å². The Labute approximate surface area is 162 Å². The van der Waals surface area contributed by atoms with E-state index in [0.717, 1.165) is 23.7 Å². The van der Waals surface area contributed by atoms with Gasteiger partial charge in [0.1, 0.15) is 5.75 Å². The highest BCUT2D eigenvalue weighted by molar-refractivity contribution is 8.00. The maximum atomic E-state index is 8.90. The van der Waals surface area contributed by atoms with E-state index in [4.69, 9.17) is 10.00 Å². The van der Waals surface area contributed by atoms with Crippen LogP contribution in [0.2, 0.25) is 0 Å². The molecule has 0 aliphatic rings. The molecule has 0 bridgehead atoms. The van der Waals surface area contributed by atoms with Crippen LogP contribution in [0, 0.1) is 11.3 Å². The number of unbranched alkanes of at least 4 members (excludes halogenated alkanes) is 5. The van der Waals surface area contributed by atoms with E-state index in [1.54, 1.807) is 11.8 Å². The van der Waals surface area contributed by atoms with Gasteiger partial charge >= 0.3 is 0 Å². The molecule has 1 atom stereocenters. The van der Waals surface area contributed by atoms with E-state index in [2.05, 4.69) is 49.4 Å². The molecule has 138 valence electrons. The number of hydrogen-bond acceptors (Lipinski definition) is 3. The van der Waals surface area contributed by atoms with Crippen molar-refractivity contribution in [1.29, 1.82) is 5.26 Å². The summed E-state index contributed by atoms with van der Waals surface area (Å²) < 4.78 is 5.84. The number of rotatable bonds is 11. The van der Waals surface area contributed by atoms with E-state index in [1.165, 1.54) is 43.2 Å². The van der Waals surface area contributed by atoms with Crippen LogP contribution < -0.4 is 4.74 Å². The average Bonchev–Trinajstić information content (AvgIpc) is 2.68. The minimum absolute atomic E-state index is 0.0241. The highest BCUT2D eigenvalue weighted by atomic mass is 32.2. The van der Waals surface area contributed by atoms with Gasteiger partial charge in [0.05, 0.1) is 17.9 Å². The lowest BCUT2D eigenvalue weighted by molar-refractivity contribution is 0.304. The van der Waals surface area contributed by atoms with Crippen molar-refractivity contribution >= 4 is 11.8 Å². The van der Waals surface area contributed by atoms with Gasteiger partial charge < -0.3 is 4.74 Å². The second-order valence-corrected chi connectivity index (χ2v) is 7.97. The number of hydrogen-bond donors (Lipinski definition) is 0. The average molecular weight is 368 g/mol. The Bertz CT molecular complexity index is 673. The summed E-state index contributed by atoms with van der Waals surface area (Å²) in [6.45, 7) is 4.96. The second kappa shape index (κ2) is 11.6. The molecule has 0 aliphatic carbocycles. The highest BCUT2D eigenvalue weighted by Crippen LogP contribution is 2.27. The third-order valence-corrected chi connectivity index (χ3v) is 5.31. The van der Waals surface area contributed by atoms with Crippen LogP contribution in [-0.4, -0.2) is 11.9 Å². The van der Waals surface area contributed by atoms with Gasteiger partial charge in [0.15, 0.2) is 0 Å². The monoisotopic (exact) mass is 367 g/mol. The molecule has 26 heavy (non-hydrogen) atoms. The van der Waals surface area contributed by atoms with E-state index in [1.807, 2.05) is 19.1 Å². The number of ether oxygens (including phenoxy) is 1. The molecule has 0 aliphatic heterocycles. The quantitative estimate of drug-likeness (QED) is 0.314. The molecule has 2 nitrogen and oxygen atoms in total. The van der Waals surface area contributed by atoms with Gasteiger partial charge in [-0.3, -0.25) is 0 Å². The lowest BCUT2D eigenvalue weighted by Crippen LogP contribution is -1.97. The highest BCUT2D eigenvalue weighted by Gasteiger charge is 2.04. The summed E-state index contributed by atoms with van der Waals surface area (Å²) in [6, 6.07) is 18.9. The molecule has 0 N–H and O–H groups in total. The van der Waals surface area contributed by atoms with E-state index in [0.29, 0.717) is 0 Å². The van der Waals surface area contributed by atoms with Crippen LogP contribution >= 0.6 is 11.8 Å². The van der Waals surface area contributed by atoms with Crippen LogP contribution in [0.1, 0.15) is 52.4 Å². The molecule has 0 aromatic heterocycles. The van der Waals surface area contributed by atoms with E-state index in [9.17, 15) is 0 Å². The van der Waals surface area contributed by atoms with Gasteiger partial charge in [-0.15, -0.1) is 11.8 Å². The zero-order valence-electron chi connectivity index (χ0n) is 15.9. The van der Waals surface area contributed by atoms with Crippen LogP contribution in [0.3, 0.4) is 0 Å². The normalized spacial score (nSPS) is 11.7. The van der Waals surface area contributed by atoms with Gasteiger partial charge in [-0.1, -0.05) is 63.3 Å². The predicted octanol–water partition coefficient (Wildman–Crippen LogP) is 7.10. The van der Waals surface area contributed by atoms with E-state index < -0.39 is 0 Å². The summed E-state index contributed by atoms with van der Waals surface area (Å²) in [5, 5.41) is 8.87. The number of nitriles is 1. The Kier molecular flexibility index (Phi) is 9.14. The largest absolute Gasteiger partial charge is 0.494 e. The van der Waals surface area contributed by atoms with Gasteiger partial charge in [-0.25, -0.2) is 0 Å². The van der Waals surface area contributed by atoms with Crippen molar-refractivity contribution in [1.82, 2.24) is 0 Å². The minimum atomic E-state index is -0.0241. The Hall–Kier alpha value is -1.92. The summed E-state index contributed by atoms with van der Waals surface area (Å²) in [5.41, 5.74) is 2.36. The summed E-state index contributed by atoms with van der Waals surface area (Å²) in [6.07, 6.45) is 7.69. The zero-order chi connectivity index (χ0) is 18.6. The standard InChI is InChI=1S/C23H29NOS/c1-3-4-5-6-7-8-17-25-22-13-9-20(10-14-22)21-11-15-23(16-12-21)26-19(2)18-24/h9-16,19H,3-8,17H2,1-2H3/t19-/m1/s1. The lowest BCUT2D eigenvalue weighted by Gasteiger charge is -2.08. The predicted molar refractivity (Wildman–Crippen MR) is 112 cm³/mol. The smallest absolute Gasteiger partial charge is 0.119 e. The lowest BCUT2D eigenvalue weighted by atomic mass is 10.1. The molecule has 0 heterocycles. The fourth-order valence-corrected chi connectivity index (χ4v) is 3.53. The first-order valence-electron chi connectivity index (χ1n) is 9.62.